The highest BCUT2D eigenvalue weighted by Gasteiger charge is 2.21. The average molecular weight is 357 g/mol. The van der Waals surface area contributed by atoms with E-state index >= 15 is 0 Å². The van der Waals surface area contributed by atoms with Gasteiger partial charge in [0.2, 0.25) is 0 Å². The second-order valence-corrected chi connectivity index (χ2v) is 5.73. The molecule has 0 spiro atoms. The Morgan fingerprint density at radius 1 is 1.29 bits per heavy atom. The van der Waals surface area contributed by atoms with Crippen molar-refractivity contribution in [2.75, 3.05) is 25.0 Å². The number of morpholine rings is 1. The molecular formula is C16H25ClN4O3. The fraction of sp³-hybridized carbons (Fsp3) is 0.500. The summed E-state index contributed by atoms with van der Waals surface area (Å²) in [7, 11) is 0. The van der Waals surface area contributed by atoms with Crippen LogP contribution in [0.1, 0.15) is 19.4 Å². The van der Waals surface area contributed by atoms with Gasteiger partial charge in [-0.15, -0.1) is 12.4 Å². The molecule has 0 bridgehead atoms. The molecule has 1 heterocycles. The van der Waals surface area contributed by atoms with E-state index in [1.807, 2.05) is 26.0 Å². The van der Waals surface area contributed by atoms with E-state index in [2.05, 4.69) is 21.3 Å². The van der Waals surface area contributed by atoms with E-state index in [0.717, 1.165) is 12.1 Å². The van der Waals surface area contributed by atoms with Gasteiger partial charge < -0.3 is 26.0 Å². The van der Waals surface area contributed by atoms with Crippen LogP contribution < -0.4 is 21.3 Å². The van der Waals surface area contributed by atoms with Gasteiger partial charge in [0.05, 0.1) is 6.61 Å². The first-order chi connectivity index (χ1) is 11.0. The fourth-order valence-electron chi connectivity index (χ4n) is 2.17. The van der Waals surface area contributed by atoms with Crippen LogP contribution in [0.25, 0.3) is 0 Å². The molecule has 0 aliphatic carbocycles. The topological polar surface area (TPSA) is 91.5 Å². The van der Waals surface area contributed by atoms with Crippen LogP contribution in [0, 0.1) is 0 Å². The van der Waals surface area contributed by atoms with Gasteiger partial charge in [0.15, 0.2) is 0 Å². The first-order valence-corrected chi connectivity index (χ1v) is 7.81. The first kappa shape index (κ1) is 20.2. The van der Waals surface area contributed by atoms with Crippen molar-refractivity contribution < 1.29 is 14.3 Å². The summed E-state index contributed by atoms with van der Waals surface area (Å²) in [5.41, 5.74) is 1.66. The third kappa shape index (κ3) is 6.74. The van der Waals surface area contributed by atoms with Crippen LogP contribution in [-0.4, -0.2) is 43.8 Å². The van der Waals surface area contributed by atoms with Crippen molar-refractivity contribution in [2.24, 2.45) is 0 Å². The standard InChI is InChI=1S/C16H24N4O3.ClH/c1-11(2)19-16(22)20-13-5-3-12(4-6-13)9-18-15(21)14-10-17-7-8-23-14;/h3-6,11,14,17H,7-10H2,1-2H3,(H,18,21)(H2,19,20,22);1H. The summed E-state index contributed by atoms with van der Waals surface area (Å²) in [5, 5.41) is 11.5. The molecule has 0 radical (unpaired) electrons. The third-order valence-corrected chi connectivity index (χ3v) is 3.32. The molecule has 1 aromatic carbocycles. The largest absolute Gasteiger partial charge is 0.366 e. The molecule has 0 saturated carbocycles. The number of anilines is 1. The summed E-state index contributed by atoms with van der Waals surface area (Å²) in [4.78, 5) is 23.5. The van der Waals surface area contributed by atoms with Crippen LogP contribution in [0.15, 0.2) is 24.3 Å². The molecule has 1 aliphatic heterocycles. The SMILES string of the molecule is CC(C)NC(=O)Nc1ccc(CNC(=O)C2CNCCO2)cc1.Cl. The van der Waals surface area contributed by atoms with E-state index in [0.29, 0.717) is 25.4 Å². The smallest absolute Gasteiger partial charge is 0.319 e. The van der Waals surface area contributed by atoms with Gasteiger partial charge in [-0.2, -0.15) is 0 Å². The Morgan fingerprint density at radius 3 is 2.58 bits per heavy atom. The Kier molecular flexibility index (Phi) is 8.53. The highest BCUT2D eigenvalue weighted by Crippen LogP contribution is 2.09. The van der Waals surface area contributed by atoms with Crippen molar-refractivity contribution in [1.29, 1.82) is 0 Å². The summed E-state index contributed by atoms with van der Waals surface area (Å²) >= 11 is 0. The molecule has 8 heteroatoms. The maximum atomic E-state index is 11.9. The minimum atomic E-state index is -0.426. The lowest BCUT2D eigenvalue weighted by Gasteiger charge is -2.22. The number of nitrogens with one attached hydrogen (secondary N) is 4. The number of carbonyl (C=O) groups is 2. The highest BCUT2D eigenvalue weighted by molar-refractivity contribution is 5.89. The lowest BCUT2D eigenvalue weighted by Crippen LogP contribution is -2.47. The zero-order chi connectivity index (χ0) is 16.7. The number of amides is 3. The Balaban J connectivity index is 0.00000288. The number of benzene rings is 1. The molecule has 4 N–H and O–H groups in total. The van der Waals surface area contributed by atoms with Crippen LogP contribution in [0.5, 0.6) is 0 Å². The minimum absolute atomic E-state index is 0. The molecule has 134 valence electrons. The van der Waals surface area contributed by atoms with Gasteiger partial charge in [0, 0.05) is 31.4 Å². The first-order valence-electron chi connectivity index (χ1n) is 7.81. The average Bonchev–Trinajstić information content (AvgIpc) is 2.54. The van der Waals surface area contributed by atoms with E-state index in [9.17, 15) is 9.59 Å². The van der Waals surface area contributed by atoms with Crippen molar-refractivity contribution in [3.05, 3.63) is 29.8 Å². The number of halogens is 1. The van der Waals surface area contributed by atoms with Gasteiger partial charge >= 0.3 is 6.03 Å². The van der Waals surface area contributed by atoms with Crippen LogP contribution in [0.3, 0.4) is 0 Å². The Bertz CT molecular complexity index is 531. The van der Waals surface area contributed by atoms with Crippen LogP contribution in [0.2, 0.25) is 0 Å². The zero-order valence-corrected chi connectivity index (χ0v) is 14.7. The fourth-order valence-corrected chi connectivity index (χ4v) is 2.17. The van der Waals surface area contributed by atoms with Crippen molar-refractivity contribution in [3.8, 4) is 0 Å². The summed E-state index contributed by atoms with van der Waals surface area (Å²) in [6.07, 6.45) is -0.426. The quantitative estimate of drug-likeness (QED) is 0.639. The minimum Gasteiger partial charge on any atom is -0.366 e. The van der Waals surface area contributed by atoms with Crippen LogP contribution in [0.4, 0.5) is 10.5 Å². The number of urea groups is 1. The number of rotatable bonds is 5. The Hall–Kier alpha value is -1.83. The molecule has 3 amide bonds. The normalized spacial score (nSPS) is 16.9. The second kappa shape index (κ2) is 10.1. The number of hydrogen-bond acceptors (Lipinski definition) is 4. The molecule has 1 aliphatic rings. The molecule has 1 atom stereocenters. The van der Waals surface area contributed by atoms with Crippen LogP contribution >= 0.6 is 12.4 Å². The molecule has 2 rings (SSSR count). The van der Waals surface area contributed by atoms with Crippen molar-refractivity contribution >= 4 is 30.0 Å². The Morgan fingerprint density at radius 2 is 2.00 bits per heavy atom. The number of hydrogen-bond donors (Lipinski definition) is 4. The lowest BCUT2D eigenvalue weighted by atomic mass is 10.2. The predicted octanol–water partition coefficient (Wildman–Crippen LogP) is 1.24. The molecule has 1 unspecified atom stereocenters. The van der Waals surface area contributed by atoms with E-state index in [4.69, 9.17) is 4.74 Å². The molecule has 0 aromatic heterocycles. The van der Waals surface area contributed by atoms with E-state index < -0.39 is 6.10 Å². The van der Waals surface area contributed by atoms with Crippen molar-refractivity contribution in [3.63, 3.8) is 0 Å². The maximum Gasteiger partial charge on any atom is 0.319 e. The number of ether oxygens (including phenoxy) is 1. The molecule has 24 heavy (non-hydrogen) atoms. The summed E-state index contributed by atoms with van der Waals surface area (Å²) < 4.78 is 5.39. The van der Waals surface area contributed by atoms with Crippen LogP contribution in [-0.2, 0) is 16.1 Å². The van der Waals surface area contributed by atoms with Crippen molar-refractivity contribution in [2.45, 2.75) is 32.5 Å². The van der Waals surface area contributed by atoms with E-state index in [-0.39, 0.29) is 30.4 Å². The maximum absolute atomic E-state index is 11.9. The zero-order valence-electron chi connectivity index (χ0n) is 13.9. The molecule has 1 aromatic rings. The van der Waals surface area contributed by atoms with Gasteiger partial charge in [0.25, 0.3) is 5.91 Å². The molecular weight excluding hydrogens is 332 g/mol. The summed E-state index contributed by atoms with van der Waals surface area (Å²) in [5.74, 6) is -0.115. The van der Waals surface area contributed by atoms with Gasteiger partial charge in [-0.3, -0.25) is 4.79 Å². The number of carbonyl (C=O) groups excluding carboxylic acids is 2. The Labute approximate surface area is 148 Å². The molecule has 1 fully saturated rings. The van der Waals surface area contributed by atoms with Gasteiger partial charge in [-0.1, -0.05) is 12.1 Å². The van der Waals surface area contributed by atoms with Crippen molar-refractivity contribution in [1.82, 2.24) is 16.0 Å². The van der Waals surface area contributed by atoms with E-state index in [1.165, 1.54) is 0 Å². The summed E-state index contributed by atoms with van der Waals surface area (Å²) in [6.45, 7) is 6.10. The van der Waals surface area contributed by atoms with Gasteiger partial charge in [-0.05, 0) is 31.5 Å². The van der Waals surface area contributed by atoms with Gasteiger partial charge in [-0.25, -0.2) is 4.79 Å². The molecule has 1 saturated heterocycles. The third-order valence-electron chi connectivity index (χ3n) is 3.32. The highest BCUT2D eigenvalue weighted by atomic mass is 35.5. The lowest BCUT2D eigenvalue weighted by molar-refractivity contribution is -0.134. The second-order valence-electron chi connectivity index (χ2n) is 5.73. The predicted molar refractivity (Wildman–Crippen MR) is 95.4 cm³/mol. The van der Waals surface area contributed by atoms with Gasteiger partial charge in [0.1, 0.15) is 6.10 Å². The summed E-state index contributed by atoms with van der Waals surface area (Å²) in [6, 6.07) is 7.19. The van der Waals surface area contributed by atoms with E-state index in [1.54, 1.807) is 12.1 Å². The monoisotopic (exact) mass is 356 g/mol. The molecule has 7 nitrogen and oxygen atoms in total.